The molecule has 0 saturated heterocycles. The number of aryl methyl sites for hydroxylation is 1. The minimum atomic E-state index is -0.693. The van der Waals surface area contributed by atoms with Crippen LogP contribution in [-0.2, 0) is 0 Å². The number of rotatable bonds is 3. The molecule has 0 aliphatic rings. The molecule has 8 heteroatoms. The van der Waals surface area contributed by atoms with Crippen molar-refractivity contribution in [2.45, 2.75) is 6.92 Å². The third kappa shape index (κ3) is 3.45. The second-order valence-corrected chi connectivity index (χ2v) is 5.78. The lowest BCUT2D eigenvalue weighted by atomic mass is 10.2. The quantitative estimate of drug-likeness (QED) is 0.600. The summed E-state index contributed by atoms with van der Waals surface area (Å²) in [7, 11) is 0. The Kier molecular flexibility index (Phi) is 4.21. The predicted molar refractivity (Wildman–Crippen MR) is 97.3 cm³/mol. The molecule has 1 aromatic carbocycles. The first-order valence-electron chi connectivity index (χ1n) is 8.09. The van der Waals surface area contributed by atoms with Gasteiger partial charge in [0, 0.05) is 23.3 Å². The number of carbonyl (C=O) groups is 1. The molecule has 4 rings (SSSR count). The van der Waals surface area contributed by atoms with Crippen LogP contribution in [0.5, 0.6) is 5.75 Å². The third-order valence-corrected chi connectivity index (χ3v) is 3.93. The summed E-state index contributed by atoms with van der Waals surface area (Å²) >= 11 is 0. The van der Waals surface area contributed by atoms with E-state index >= 15 is 0 Å². The van der Waals surface area contributed by atoms with Gasteiger partial charge in [0.15, 0.2) is 11.6 Å². The van der Waals surface area contributed by atoms with Gasteiger partial charge in [-0.15, -0.1) is 0 Å². The van der Waals surface area contributed by atoms with Crippen molar-refractivity contribution >= 4 is 17.0 Å². The normalized spacial score (nSPS) is 10.7. The molecule has 1 N–H and O–H groups in total. The van der Waals surface area contributed by atoms with Gasteiger partial charge >= 0.3 is 6.09 Å². The average molecular weight is 363 g/mol. The summed E-state index contributed by atoms with van der Waals surface area (Å²) in [5, 5.41) is 0.935. The highest BCUT2D eigenvalue weighted by molar-refractivity contribution is 5.84. The molecule has 0 aliphatic heterocycles. The van der Waals surface area contributed by atoms with Crippen LogP contribution in [0.15, 0.2) is 61.2 Å². The number of aromatic nitrogens is 4. The Labute approximate surface area is 153 Å². The Morgan fingerprint density at radius 3 is 2.93 bits per heavy atom. The number of carbonyl (C=O) groups excluding carboxylic acids is 1. The Hall–Kier alpha value is -3.81. The zero-order valence-electron chi connectivity index (χ0n) is 14.3. The first-order valence-corrected chi connectivity index (χ1v) is 8.09. The van der Waals surface area contributed by atoms with Gasteiger partial charge in [-0.2, -0.15) is 0 Å². The number of nitrogens with zero attached hydrogens (tertiary/aromatic N) is 4. The van der Waals surface area contributed by atoms with E-state index in [2.05, 4.69) is 20.4 Å². The molecule has 0 aliphatic carbocycles. The molecule has 0 spiro atoms. The summed E-state index contributed by atoms with van der Waals surface area (Å²) < 4.78 is 20.2. The first-order chi connectivity index (χ1) is 13.1. The molecular formula is C19H14FN5O2. The Morgan fingerprint density at radius 1 is 1.22 bits per heavy atom. The van der Waals surface area contributed by atoms with Gasteiger partial charge in [-0.05, 0) is 31.2 Å². The molecule has 134 valence electrons. The monoisotopic (exact) mass is 363 g/mol. The number of hydrogen-bond acceptors (Lipinski definition) is 5. The van der Waals surface area contributed by atoms with Crippen LogP contribution in [0.2, 0.25) is 0 Å². The minimum absolute atomic E-state index is 0.210. The van der Waals surface area contributed by atoms with Crippen molar-refractivity contribution in [2.75, 3.05) is 5.43 Å². The molecular weight excluding hydrogens is 349 g/mol. The summed E-state index contributed by atoms with van der Waals surface area (Å²) in [4.78, 5) is 24.7. The Morgan fingerprint density at radius 2 is 2.11 bits per heavy atom. The van der Waals surface area contributed by atoms with Crippen molar-refractivity contribution in [2.24, 2.45) is 0 Å². The molecule has 0 bridgehead atoms. The number of hydrogen-bond donors (Lipinski definition) is 1. The minimum Gasteiger partial charge on any atom is -0.406 e. The second-order valence-electron chi connectivity index (χ2n) is 5.78. The van der Waals surface area contributed by atoms with Crippen molar-refractivity contribution < 1.29 is 13.9 Å². The molecule has 7 nitrogen and oxygen atoms in total. The van der Waals surface area contributed by atoms with Gasteiger partial charge in [-0.25, -0.2) is 24.6 Å². The van der Waals surface area contributed by atoms with E-state index in [9.17, 15) is 9.18 Å². The van der Waals surface area contributed by atoms with Gasteiger partial charge in [0.2, 0.25) is 0 Å². The van der Waals surface area contributed by atoms with E-state index in [4.69, 9.17) is 4.74 Å². The molecule has 27 heavy (non-hydrogen) atoms. The molecule has 1 amide bonds. The maximum atomic E-state index is 13.4. The molecule has 0 saturated carbocycles. The van der Waals surface area contributed by atoms with Crippen LogP contribution in [0.1, 0.15) is 5.69 Å². The zero-order chi connectivity index (χ0) is 18.8. The van der Waals surface area contributed by atoms with Gasteiger partial charge in [-0.3, -0.25) is 9.66 Å². The summed E-state index contributed by atoms with van der Waals surface area (Å²) in [6.07, 6.45) is 5.70. The lowest BCUT2D eigenvalue weighted by Gasteiger charge is -2.10. The fourth-order valence-corrected chi connectivity index (χ4v) is 2.62. The predicted octanol–water partition coefficient (Wildman–Crippen LogP) is 3.68. The van der Waals surface area contributed by atoms with Gasteiger partial charge in [-0.1, -0.05) is 12.1 Å². The van der Waals surface area contributed by atoms with Crippen molar-refractivity contribution in [3.05, 3.63) is 72.7 Å². The number of nitrogens with one attached hydrogen (secondary N) is 1. The highest BCUT2D eigenvalue weighted by Crippen LogP contribution is 2.21. The Balaban J connectivity index is 1.51. The largest absolute Gasteiger partial charge is 0.432 e. The number of amides is 1. The summed E-state index contributed by atoms with van der Waals surface area (Å²) in [5.41, 5.74) is 4.34. The SMILES string of the molecule is Cc1nc(-c2cccc(F)c2)ncc1OC(=O)Nn1ccc2ccncc21. The standard InChI is InChI=1S/C19H14FN5O2/c1-12-17(11-22-18(23-12)14-3-2-4-15(20)9-14)27-19(26)24-25-8-6-13-5-7-21-10-16(13)25/h2-11H,1H3,(H,24,26). The number of halogens is 1. The summed E-state index contributed by atoms with van der Waals surface area (Å²) in [5.74, 6) is 0.186. The van der Waals surface area contributed by atoms with Crippen LogP contribution >= 0.6 is 0 Å². The van der Waals surface area contributed by atoms with E-state index in [1.54, 1.807) is 37.6 Å². The topological polar surface area (TPSA) is 81.9 Å². The van der Waals surface area contributed by atoms with Crippen LogP contribution < -0.4 is 10.2 Å². The van der Waals surface area contributed by atoms with Gasteiger partial charge in [0.05, 0.1) is 23.6 Å². The number of ether oxygens (including phenoxy) is 1. The number of pyridine rings is 1. The Bertz CT molecular complexity index is 1140. The van der Waals surface area contributed by atoms with Crippen LogP contribution in [0.3, 0.4) is 0 Å². The maximum Gasteiger partial charge on any atom is 0.432 e. The van der Waals surface area contributed by atoms with Gasteiger partial charge in [0.25, 0.3) is 0 Å². The van der Waals surface area contributed by atoms with Crippen molar-refractivity contribution in [1.29, 1.82) is 0 Å². The van der Waals surface area contributed by atoms with Crippen molar-refractivity contribution in [3.63, 3.8) is 0 Å². The lowest BCUT2D eigenvalue weighted by Crippen LogP contribution is -2.25. The van der Waals surface area contributed by atoms with Crippen LogP contribution in [0.25, 0.3) is 22.3 Å². The molecule has 0 unspecified atom stereocenters. The molecule has 4 aromatic rings. The van der Waals surface area contributed by atoms with E-state index in [0.717, 1.165) is 10.9 Å². The van der Waals surface area contributed by atoms with Crippen LogP contribution in [0.4, 0.5) is 9.18 Å². The summed E-state index contributed by atoms with van der Waals surface area (Å²) in [6, 6.07) is 9.65. The third-order valence-electron chi connectivity index (χ3n) is 3.93. The van der Waals surface area contributed by atoms with Gasteiger partial charge < -0.3 is 4.74 Å². The van der Waals surface area contributed by atoms with Crippen molar-refractivity contribution in [3.8, 4) is 17.1 Å². The smallest absolute Gasteiger partial charge is 0.406 e. The first kappa shape index (κ1) is 16.6. The van der Waals surface area contributed by atoms with Gasteiger partial charge in [0.1, 0.15) is 5.82 Å². The second kappa shape index (κ2) is 6.83. The number of fused-ring (bicyclic) bond motifs is 1. The number of benzene rings is 1. The highest BCUT2D eigenvalue weighted by Gasteiger charge is 2.12. The molecule has 0 radical (unpaired) electrons. The van der Waals surface area contributed by atoms with E-state index in [0.29, 0.717) is 17.1 Å². The molecule has 3 aromatic heterocycles. The maximum absolute atomic E-state index is 13.4. The lowest BCUT2D eigenvalue weighted by molar-refractivity contribution is 0.211. The fraction of sp³-hybridized carbons (Fsp3) is 0.0526. The summed E-state index contributed by atoms with van der Waals surface area (Å²) in [6.45, 7) is 1.68. The fourth-order valence-electron chi connectivity index (χ4n) is 2.62. The molecule has 3 heterocycles. The van der Waals surface area contributed by atoms with E-state index in [-0.39, 0.29) is 11.6 Å². The van der Waals surface area contributed by atoms with E-state index in [1.807, 2.05) is 12.1 Å². The average Bonchev–Trinajstić information content (AvgIpc) is 3.06. The highest BCUT2D eigenvalue weighted by atomic mass is 19.1. The van der Waals surface area contributed by atoms with E-state index < -0.39 is 6.09 Å². The van der Waals surface area contributed by atoms with Crippen LogP contribution in [0, 0.1) is 12.7 Å². The van der Waals surface area contributed by atoms with Crippen molar-refractivity contribution in [1.82, 2.24) is 19.6 Å². The molecule has 0 fully saturated rings. The van der Waals surface area contributed by atoms with E-state index in [1.165, 1.54) is 23.0 Å². The molecule has 0 atom stereocenters. The zero-order valence-corrected chi connectivity index (χ0v) is 14.3. The van der Waals surface area contributed by atoms with Crippen LogP contribution in [-0.4, -0.2) is 25.7 Å².